The molecule has 0 spiro atoms. The average molecular weight is 400 g/mol. The minimum atomic E-state index is -0.698. The molecule has 2 N–H and O–H groups in total. The van der Waals surface area contributed by atoms with Gasteiger partial charge in [-0.05, 0) is 18.1 Å². The minimum absolute atomic E-state index is 0.122. The predicted octanol–water partition coefficient (Wildman–Crippen LogP) is 2.15. The molecule has 1 aromatic heterocycles. The fraction of sp³-hybridized carbons (Fsp3) is 0.450. The number of amides is 1. The lowest BCUT2D eigenvalue weighted by Crippen LogP contribution is -2.42. The fourth-order valence-electron chi connectivity index (χ4n) is 3.53. The van der Waals surface area contributed by atoms with E-state index in [1.165, 1.54) is 10.5 Å². The Morgan fingerprint density at radius 3 is 2.66 bits per heavy atom. The van der Waals surface area contributed by atoms with E-state index in [0.29, 0.717) is 6.54 Å². The van der Waals surface area contributed by atoms with Crippen LogP contribution < -0.4 is 15.5 Å². The first-order chi connectivity index (χ1) is 14.1. The quantitative estimate of drug-likeness (QED) is 0.719. The van der Waals surface area contributed by atoms with E-state index in [-0.39, 0.29) is 24.4 Å². The summed E-state index contributed by atoms with van der Waals surface area (Å²) >= 11 is 0. The maximum absolute atomic E-state index is 14.0. The Kier molecular flexibility index (Phi) is 5.86. The highest BCUT2D eigenvalue weighted by atomic mass is 19.1. The van der Waals surface area contributed by atoms with Crippen LogP contribution in [0.3, 0.4) is 0 Å². The second-order valence-electron chi connectivity index (χ2n) is 7.27. The van der Waals surface area contributed by atoms with E-state index in [0.717, 1.165) is 44.4 Å². The molecule has 4 rings (SSSR count). The van der Waals surface area contributed by atoms with Gasteiger partial charge in [0.2, 0.25) is 11.9 Å². The van der Waals surface area contributed by atoms with Gasteiger partial charge in [-0.15, -0.1) is 0 Å². The Morgan fingerprint density at radius 2 is 1.97 bits per heavy atom. The van der Waals surface area contributed by atoms with Crippen LogP contribution in [-0.2, 0) is 11.3 Å². The van der Waals surface area contributed by atoms with E-state index < -0.39 is 12.0 Å². The minimum Gasteiger partial charge on any atom is -0.447 e. The number of hydrogen-bond acceptors (Lipinski definition) is 7. The molecule has 2 aliphatic rings. The van der Waals surface area contributed by atoms with Gasteiger partial charge in [0.15, 0.2) is 0 Å². The van der Waals surface area contributed by atoms with Gasteiger partial charge in [-0.25, -0.2) is 4.79 Å². The Hall–Kier alpha value is -2.78. The second kappa shape index (κ2) is 8.71. The molecule has 0 aliphatic carbocycles. The van der Waals surface area contributed by atoms with E-state index in [1.54, 1.807) is 0 Å². The third-order valence-electron chi connectivity index (χ3n) is 5.16. The van der Waals surface area contributed by atoms with Crippen molar-refractivity contribution in [3.8, 4) is 0 Å². The molecule has 9 heteroatoms. The first-order valence-corrected chi connectivity index (χ1v) is 9.86. The number of cyclic esters (lactones) is 1. The average Bonchev–Trinajstić information content (AvgIpc) is 3.15. The summed E-state index contributed by atoms with van der Waals surface area (Å²) in [7, 11) is 0. The van der Waals surface area contributed by atoms with Crippen LogP contribution in [0.25, 0.3) is 0 Å². The molecule has 8 nitrogen and oxygen atoms in total. The molecule has 0 saturated carbocycles. The van der Waals surface area contributed by atoms with E-state index in [2.05, 4.69) is 49.8 Å². The monoisotopic (exact) mass is 400 g/mol. The molecule has 2 saturated heterocycles. The zero-order valence-corrected chi connectivity index (χ0v) is 16.4. The molecule has 0 unspecified atom stereocenters. The molecule has 154 valence electrons. The smallest absolute Gasteiger partial charge is 0.415 e. The third kappa shape index (κ3) is 4.80. The van der Waals surface area contributed by atoms with Crippen LogP contribution in [-0.4, -0.2) is 60.3 Å². The number of ether oxygens (including phenoxy) is 1. The Bertz CT molecular complexity index is 857. The summed E-state index contributed by atoms with van der Waals surface area (Å²) in [5, 5.41) is 6.48. The van der Waals surface area contributed by atoms with E-state index in [4.69, 9.17) is 4.74 Å². The molecular weight excluding hydrogens is 375 g/mol. The number of carbonyl (C=O) groups is 1. The summed E-state index contributed by atoms with van der Waals surface area (Å²) in [6.07, 6.45) is -0.526. The van der Waals surface area contributed by atoms with Gasteiger partial charge in [0, 0.05) is 38.8 Å². The number of anilines is 2. The number of rotatable bonds is 6. The lowest BCUT2D eigenvalue weighted by molar-refractivity contribution is 0.181. The topological polar surface area (TPSA) is 82.6 Å². The summed E-state index contributed by atoms with van der Waals surface area (Å²) in [5.74, 6) is -0.367. The highest BCUT2D eigenvalue weighted by molar-refractivity contribution is 5.88. The zero-order chi connectivity index (χ0) is 20.2. The third-order valence-corrected chi connectivity index (χ3v) is 5.16. The van der Waals surface area contributed by atoms with Crippen molar-refractivity contribution < 1.29 is 13.9 Å². The van der Waals surface area contributed by atoms with Gasteiger partial charge in [-0.2, -0.15) is 14.4 Å². The van der Waals surface area contributed by atoms with Crippen molar-refractivity contribution in [1.82, 2.24) is 20.2 Å². The van der Waals surface area contributed by atoms with E-state index >= 15 is 0 Å². The van der Waals surface area contributed by atoms with E-state index in [9.17, 15) is 9.18 Å². The molecule has 0 radical (unpaired) electrons. The number of hydrogen-bond donors (Lipinski definition) is 2. The highest BCUT2D eigenvalue weighted by Crippen LogP contribution is 2.22. The molecule has 3 heterocycles. The predicted molar refractivity (Wildman–Crippen MR) is 107 cm³/mol. The number of aromatic nitrogens is 2. The first-order valence-electron chi connectivity index (χ1n) is 9.86. The highest BCUT2D eigenvalue weighted by Gasteiger charge is 2.26. The number of halogens is 1. The standard InChI is InChI=1S/C20H25FN6O2/c1-14(16-4-2-15(3-5-16)13-26-8-6-22-7-9-26)23-19-24-17(21)12-18(25-19)27-10-11-29-20(27)28/h2-5,12,14,22H,6-11,13H2,1H3,(H,23,24,25)/t14-/m0/s1. The Labute approximate surface area is 169 Å². The number of benzene rings is 1. The van der Waals surface area contributed by atoms with Crippen molar-refractivity contribution in [2.24, 2.45) is 0 Å². The fourth-order valence-corrected chi connectivity index (χ4v) is 3.53. The molecule has 0 bridgehead atoms. The van der Waals surface area contributed by atoms with Crippen LogP contribution in [0.5, 0.6) is 0 Å². The Morgan fingerprint density at radius 1 is 1.21 bits per heavy atom. The maximum atomic E-state index is 14.0. The lowest BCUT2D eigenvalue weighted by Gasteiger charge is -2.27. The lowest BCUT2D eigenvalue weighted by atomic mass is 10.1. The first kappa shape index (κ1) is 19.5. The van der Waals surface area contributed by atoms with Crippen LogP contribution in [0.4, 0.5) is 21.0 Å². The van der Waals surface area contributed by atoms with Crippen molar-refractivity contribution in [1.29, 1.82) is 0 Å². The van der Waals surface area contributed by atoms with Crippen LogP contribution in [0, 0.1) is 5.95 Å². The van der Waals surface area contributed by atoms with Gasteiger partial charge >= 0.3 is 6.09 Å². The maximum Gasteiger partial charge on any atom is 0.415 e. The summed E-state index contributed by atoms with van der Waals surface area (Å²) < 4.78 is 18.8. The zero-order valence-electron chi connectivity index (χ0n) is 16.4. The largest absolute Gasteiger partial charge is 0.447 e. The van der Waals surface area contributed by atoms with Crippen molar-refractivity contribution in [3.63, 3.8) is 0 Å². The summed E-state index contributed by atoms with van der Waals surface area (Å²) in [4.78, 5) is 23.5. The van der Waals surface area contributed by atoms with E-state index in [1.807, 2.05) is 6.92 Å². The number of piperazine rings is 1. The van der Waals surface area contributed by atoms with Gasteiger partial charge < -0.3 is 15.4 Å². The molecule has 2 fully saturated rings. The van der Waals surface area contributed by atoms with Crippen molar-refractivity contribution >= 4 is 17.9 Å². The normalized spacial score (nSPS) is 18.6. The number of nitrogens with one attached hydrogen (secondary N) is 2. The number of nitrogens with zero attached hydrogens (tertiary/aromatic N) is 4. The number of carbonyl (C=O) groups excluding carboxylic acids is 1. The van der Waals surface area contributed by atoms with Crippen LogP contribution in [0.2, 0.25) is 0 Å². The summed E-state index contributed by atoms with van der Waals surface area (Å²) in [5.41, 5.74) is 2.31. The second-order valence-corrected chi connectivity index (χ2v) is 7.27. The molecule has 29 heavy (non-hydrogen) atoms. The molecule has 2 aliphatic heterocycles. The van der Waals surface area contributed by atoms with Crippen LogP contribution in [0.15, 0.2) is 30.3 Å². The van der Waals surface area contributed by atoms with Gasteiger partial charge in [0.1, 0.15) is 12.4 Å². The Balaban J connectivity index is 1.41. The summed E-state index contributed by atoms with van der Waals surface area (Å²) in [6.45, 7) is 7.69. The van der Waals surface area contributed by atoms with Gasteiger partial charge in [0.25, 0.3) is 0 Å². The van der Waals surface area contributed by atoms with Crippen molar-refractivity contribution in [2.75, 3.05) is 49.5 Å². The molecule has 1 atom stereocenters. The van der Waals surface area contributed by atoms with Crippen molar-refractivity contribution in [3.05, 3.63) is 47.4 Å². The molecular formula is C20H25FN6O2. The van der Waals surface area contributed by atoms with Gasteiger partial charge in [0.05, 0.1) is 12.6 Å². The van der Waals surface area contributed by atoms with Gasteiger partial charge in [-0.1, -0.05) is 24.3 Å². The van der Waals surface area contributed by atoms with Crippen LogP contribution in [0.1, 0.15) is 24.1 Å². The van der Waals surface area contributed by atoms with Gasteiger partial charge in [-0.3, -0.25) is 9.80 Å². The molecule has 1 amide bonds. The SMILES string of the molecule is C[C@H](Nc1nc(F)cc(N2CCOC2=O)n1)c1ccc(CN2CCNCC2)cc1. The summed E-state index contributed by atoms with van der Waals surface area (Å²) in [6, 6.07) is 9.37. The van der Waals surface area contributed by atoms with Crippen LogP contribution >= 0.6 is 0 Å². The van der Waals surface area contributed by atoms with Crippen molar-refractivity contribution in [2.45, 2.75) is 19.5 Å². The molecule has 2 aromatic rings. The molecule has 1 aromatic carbocycles.